The van der Waals surface area contributed by atoms with Gasteiger partial charge in [0, 0.05) is 12.2 Å². The molecule has 2 N–H and O–H groups in total. The number of rotatable bonds is 4. The lowest BCUT2D eigenvalue weighted by Gasteiger charge is -2.20. The van der Waals surface area contributed by atoms with Gasteiger partial charge in [-0.05, 0) is 24.1 Å². The molecule has 5 heteroatoms. The molecular weight excluding hydrogens is 242 g/mol. The van der Waals surface area contributed by atoms with Crippen LogP contribution in [0.2, 0.25) is 0 Å². The normalized spacial score (nSPS) is 14.9. The minimum Gasteiger partial charge on any atom is -0.482 e. The molecule has 1 aromatic carbocycles. The second kappa shape index (κ2) is 5.61. The van der Waals surface area contributed by atoms with E-state index in [0.29, 0.717) is 23.9 Å². The van der Waals surface area contributed by atoms with Gasteiger partial charge in [0.25, 0.3) is 5.91 Å². The van der Waals surface area contributed by atoms with Crippen molar-refractivity contribution < 1.29 is 9.53 Å². The number of ether oxygens (including phenoxy) is 1. The Balaban J connectivity index is 2.04. The predicted molar refractivity (Wildman–Crippen MR) is 73.0 cm³/mol. The molecule has 1 aromatic rings. The molecule has 0 saturated heterocycles. The molecule has 0 fully saturated rings. The second-order valence-electron chi connectivity index (χ2n) is 4.91. The van der Waals surface area contributed by atoms with Crippen molar-refractivity contribution in [2.75, 3.05) is 23.8 Å². The molecule has 1 atom stereocenters. The van der Waals surface area contributed by atoms with E-state index in [9.17, 15) is 4.79 Å². The summed E-state index contributed by atoms with van der Waals surface area (Å²) in [5, 5.41) is 15.0. The van der Waals surface area contributed by atoms with E-state index in [1.807, 2.05) is 32.0 Å². The number of hydrogen-bond donors (Lipinski definition) is 2. The smallest absolute Gasteiger partial charge is 0.262 e. The fourth-order valence-corrected chi connectivity index (χ4v) is 1.85. The second-order valence-corrected chi connectivity index (χ2v) is 4.91. The van der Waals surface area contributed by atoms with E-state index in [4.69, 9.17) is 10.00 Å². The molecule has 1 amide bonds. The molecule has 0 aromatic heterocycles. The summed E-state index contributed by atoms with van der Waals surface area (Å²) in [5.41, 5.74) is 1.53. The van der Waals surface area contributed by atoms with Gasteiger partial charge in [-0.25, -0.2) is 0 Å². The number of nitrogens with zero attached hydrogens (tertiary/aromatic N) is 1. The molecule has 1 aliphatic rings. The number of nitrogens with one attached hydrogen (secondary N) is 2. The number of hydrogen-bond acceptors (Lipinski definition) is 4. The maximum absolute atomic E-state index is 11.2. The Labute approximate surface area is 112 Å². The zero-order chi connectivity index (χ0) is 13.8. The Bertz CT molecular complexity index is 520. The Hall–Kier alpha value is -2.22. The molecule has 1 aliphatic heterocycles. The summed E-state index contributed by atoms with van der Waals surface area (Å²) in [6.07, 6.45) is 0. The van der Waals surface area contributed by atoms with Gasteiger partial charge in [-0.2, -0.15) is 5.26 Å². The van der Waals surface area contributed by atoms with Gasteiger partial charge in [0.05, 0.1) is 17.7 Å². The van der Waals surface area contributed by atoms with Crippen LogP contribution in [0, 0.1) is 23.2 Å². The Morgan fingerprint density at radius 3 is 3.00 bits per heavy atom. The van der Waals surface area contributed by atoms with Crippen molar-refractivity contribution in [3.8, 4) is 11.8 Å². The number of nitriles is 1. The molecule has 0 saturated carbocycles. The summed E-state index contributed by atoms with van der Waals surface area (Å²) >= 11 is 0. The zero-order valence-corrected chi connectivity index (χ0v) is 11.1. The standard InChI is InChI=1S/C14H17N3O2/c1-9(2)10(6-15)7-16-11-3-4-13-12(5-11)17-14(18)8-19-13/h3-5,9-10,16H,7-8H2,1-2H3,(H,17,18). The molecule has 1 unspecified atom stereocenters. The summed E-state index contributed by atoms with van der Waals surface area (Å²) in [5.74, 6) is 0.785. The third-order valence-corrected chi connectivity index (χ3v) is 3.11. The molecule has 100 valence electrons. The molecule has 19 heavy (non-hydrogen) atoms. The van der Waals surface area contributed by atoms with Crippen molar-refractivity contribution in [2.45, 2.75) is 13.8 Å². The van der Waals surface area contributed by atoms with Crippen LogP contribution in [0.15, 0.2) is 18.2 Å². The topological polar surface area (TPSA) is 74.2 Å². The van der Waals surface area contributed by atoms with Gasteiger partial charge in [0.1, 0.15) is 5.75 Å². The molecule has 0 bridgehead atoms. The van der Waals surface area contributed by atoms with Gasteiger partial charge < -0.3 is 15.4 Å². The highest BCUT2D eigenvalue weighted by molar-refractivity contribution is 5.96. The summed E-state index contributed by atoms with van der Waals surface area (Å²) in [6, 6.07) is 7.80. The monoisotopic (exact) mass is 259 g/mol. The van der Waals surface area contributed by atoms with Crippen LogP contribution >= 0.6 is 0 Å². The Kier molecular flexibility index (Phi) is 3.91. The average molecular weight is 259 g/mol. The van der Waals surface area contributed by atoms with Crippen molar-refractivity contribution in [1.29, 1.82) is 5.26 Å². The largest absolute Gasteiger partial charge is 0.482 e. The molecular formula is C14H17N3O2. The van der Waals surface area contributed by atoms with Crippen molar-refractivity contribution in [1.82, 2.24) is 0 Å². The first-order valence-corrected chi connectivity index (χ1v) is 6.30. The lowest BCUT2D eigenvalue weighted by molar-refractivity contribution is -0.118. The first kappa shape index (κ1) is 13.2. The SMILES string of the molecule is CC(C)C(C#N)CNc1ccc2c(c1)NC(=O)CO2. The third kappa shape index (κ3) is 3.16. The van der Waals surface area contributed by atoms with Gasteiger partial charge in [0.2, 0.25) is 0 Å². The van der Waals surface area contributed by atoms with E-state index in [1.54, 1.807) is 0 Å². The van der Waals surface area contributed by atoms with E-state index in [2.05, 4.69) is 16.7 Å². The average Bonchev–Trinajstić information content (AvgIpc) is 2.38. The molecule has 1 heterocycles. The van der Waals surface area contributed by atoms with E-state index < -0.39 is 0 Å². The van der Waals surface area contributed by atoms with Gasteiger partial charge in [0.15, 0.2) is 6.61 Å². The quantitative estimate of drug-likeness (QED) is 0.869. The van der Waals surface area contributed by atoms with Crippen molar-refractivity contribution >= 4 is 17.3 Å². The number of benzene rings is 1. The van der Waals surface area contributed by atoms with Crippen LogP contribution in [-0.2, 0) is 4.79 Å². The number of anilines is 2. The third-order valence-electron chi connectivity index (χ3n) is 3.11. The highest BCUT2D eigenvalue weighted by atomic mass is 16.5. The predicted octanol–water partition coefficient (Wildman–Crippen LogP) is 2.23. The van der Waals surface area contributed by atoms with Crippen molar-refractivity contribution in [3.63, 3.8) is 0 Å². The highest BCUT2D eigenvalue weighted by Gasteiger charge is 2.16. The molecule has 5 nitrogen and oxygen atoms in total. The molecule has 2 rings (SSSR count). The molecule has 0 spiro atoms. The van der Waals surface area contributed by atoms with Crippen molar-refractivity contribution in [2.24, 2.45) is 11.8 Å². The molecule has 0 aliphatic carbocycles. The van der Waals surface area contributed by atoms with Crippen LogP contribution in [-0.4, -0.2) is 19.1 Å². The van der Waals surface area contributed by atoms with Gasteiger partial charge in [-0.1, -0.05) is 13.8 Å². The summed E-state index contributed by atoms with van der Waals surface area (Å²) in [7, 11) is 0. The van der Waals surface area contributed by atoms with E-state index in [0.717, 1.165) is 5.69 Å². The highest BCUT2D eigenvalue weighted by Crippen LogP contribution is 2.30. The number of carbonyl (C=O) groups excluding carboxylic acids is 1. The van der Waals surface area contributed by atoms with E-state index in [1.165, 1.54) is 0 Å². The molecule has 0 radical (unpaired) electrons. The fourth-order valence-electron chi connectivity index (χ4n) is 1.85. The van der Waals surface area contributed by atoms with Crippen LogP contribution in [0.1, 0.15) is 13.8 Å². The van der Waals surface area contributed by atoms with Crippen LogP contribution in [0.5, 0.6) is 5.75 Å². The van der Waals surface area contributed by atoms with Crippen LogP contribution < -0.4 is 15.4 Å². The minimum absolute atomic E-state index is 0.0399. The first-order valence-electron chi connectivity index (χ1n) is 6.30. The van der Waals surface area contributed by atoms with Crippen LogP contribution in [0.3, 0.4) is 0 Å². The lowest BCUT2D eigenvalue weighted by atomic mass is 9.97. The number of fused-ring (bicyclic) bond motifs is 1. The van der Waals surface area contributed by atoms with Gasteiger partial charge in [-0.15, -0.1) is 0 Å². The Morgan fingerprint density at radius 2 is 2.32 bits per heavy atom. The van der Waals surface area contributed by atoms with E-state index >= 15 is 0 Å². The summed E-state index contributed by atoms with van der Waals surface area (Å²) in [4.78, 5) is 11.2. The fraction of sp³-hybridized carbons (Fsp3) is 0.429. The Morgan fingerprint density at radius 1 is 1.53 bits per heavy atom. The number of carbonyl (C=O) groups is 1. The van der Waals surface area contributed by atoms with Gasteiger partial charge >= 0.3 is 0 Å². The minimum atomic E-state index is -0.151. The van der Waals surface area contributed by atoms with Crippen LogP contribution in [0.25, 0.3) is 0 Å². The maximum atomic E-state index is 11.2. The van der Waals surface area contributed by atoms with Gasteiger partial charge in [-0.3, -0.25) is 4.79 Å². The van der Waals surface area contributed by atoms with Crippen LogP contribution in [0.4, 0.5) is 11.4 Å². The maximum Gasteiger partial charge on any atom is 0.262 e. The zero-order valence-electron chi connectivity index (χ0n) is 11.1. The first-order chi connectivity index (χ1) is 9.10. The lowest BCUT2D eigenvalue weighted by Crippen LogP contribution is -2.25. The van der Waals surface area contributed by atoms with Crippen molar-refractivity contribution in [3.05, 3.63) is 18.2 Å². The number of amides is 1. The van der Waals surface area contributed by atoms with E-state index in [-0.39, 0.29) is 18.4 Å². The summed E-state index contributed by atoms with van der Waals surface area (Å²) in [6.45, 7) is 4.69. The summed E-state index contributed by atoms with van der Waals surface area (Å²) < 4.78 is 5.28.